The van der Waals surface area contributed by atoms with E-state index in [2.05, 4.69) is 13.8 Å². The maximum absolute atomic E-state index is 15.1. The molecule has 0 radical (unpaired) electrons. The van der Waals surface area contributed by atoms with E-state index in [9.17, 15) is 5.11 Å². The van der Waals surface area contributed by atoms with Crippen LogP contribution in [0.15, 0.2) is 0 Å². The fraction of sp³-hybridized carbons (Fsp3) is 1.00. The molecule has 1 N–H and O–H groups in total. The molecule has 10 fully saturated rings. The quantitative estimate of drug-likeness (QED) is 0.158. The van der Waals surface area contributed by atoms with Gasteiger partial charge in [-0.3, -0.25) is 0 Å². The number of hydrogen-bond donors (Lipinski definition) is 1. The lowest BCUT2D eigenvalue weighted by molar-refractivity contribution is -0.350. The summed E-state index contributed by atoms with van der Waals surface area (Å²) in [5.41, 5.74) is -9.26. The minimum Gasteiger partial charge on any atom is -0.396 e. The molecule has 0 aromatic carbocycles. The van der Waals surface area contributed by atoms with E-state index in [1.165, 1.54) is 0 Å². The van der Waals surface area contributed by atoms with Gasteiger partial charge < -0.3 is 33.5 Å². The number of rotatable bonds is 16. The maximum atomic E-state index is 15.1. The van der Waals surface area contributed by atoms with E-state index in [-0.39, 0.29) is 81.0 Å². The number of alkyl halides is 6. The van der Waals surface area contributed by atoms with E-state index in [4.69, 9.17) is 28.4 Å². The molecule has 8 aliphatic carbocycles. The molecule has 2 heterocycles. The number of halogens is 6. The molecular weight excluding hydrogens is 706 g/mol. The van der Waals surface area contributed by atoms with E-state index >= 15 is 26.3 Å². The fourth-order valence-electron chi connectivity index (χ4n) is 13.0. The van der Waals surface area contributed by atoms with Crippen LogP contribution in [0.25, 0.3) is 0 Å². The lowest BCUT2D eigenvalue weighted by Gasteiger charge is -2.66. The summed E-state index contributed by atoms with van der Waals surface area (Å²) in [6.07, 6.45) is -4.30. The lowest BCUT2D eigenvalue weighted by atomic mass is 9.45. The van der Waals surface area contributed by atoms with E-state index in [1.807, 2.05) is 6.92 Å². The molecule has 53 heavy (non-hydrogen) atoms. The molecule has 8 saturated carbocycles. The number of ether oxygens (including phenoxy) is 6. The molecule has 2 saturated heterocycles. The molecule has 8 unspecified atom stereocenters. The minimum atomic E-state index is -4.42. The van der Waals surface area contributed by atoms with E-state index in [0.29, 0.717) is 84.6 Å². The van der Waals surface area contributed by atoms with Gasteiger partial charge in [-0.2, -0.15) is 26.3 Å². The Morgan fingerprint density at radius 2 is 0.906 bits per heavy atom. The Bertz CT molecular complexity index is 1270. The SMILES string of the molecule is CCC1(COC23CC4CC(OCC(CC)(CO)COC56CC7CC(OCC8(CC)COC8)(C5)CC(C(F)(F)F)(C7)C6)(C2)CC(C(F)(F)F)(C4)C3)COC1. The van der Waals surface area contributed by atoms with Gasteiger partial charge in [0.2, 0.25) is 0 Å². The highest BCUT2D eigenvalue weighted by atomic mass is 19.4. The zero-order valence-corrected chi connectivity index (χ0v) is 31.8. The summed E-state index contributed by atoms with van der Waals surface area (Å²) in [5, 5.41) is 10.9. The summed E-state index contributed by atoms with van der Waals surface area (Å²) in [7, 11) is 0. The zero-order chi connectivity index (χ0) is 37.9. The van der Waals surface area contributed by atoms with Crippen molar-refractivity contribution in [3.63, 3.8) is 0 Å². The van der Waals surface area contributed by atoms with Crippen molar-refractivity contribution in [2.45, 2.75) is 152 Å². The molecule has 8 bridgehead atoms. The first kappa shape index (κ1) is 39.1. The summed E-state index contributed by atoms with van der Waals surface area (Å²) >= 11 is 0. The van der Waals surface area contributed by atoms with Crippen LogP contribution in [0.4, 0.5) is 26.3 Å². The third-order valence-electron chi connectivity index (χ3n) is 16.1. The predicted molar refractivity (Wildman–Crippen MR) is 181 cm³/mol. The van der Waals surface area contributed by atoms with Crippen LogP contribution >= 0.6 is 0 Å². The normalized spacial score (nSPS) is 44.5. The van der Waals surface area contributed by atoms with Crippen LogP contribution in [-0.4, -0.2) is 99.3 Å². The Morgan fingerprint density at radius 3 is 1.17 bits per heavy atom. The van der Waals surface area contributed by atoms with Crippen LogP contribution in [0.1, 0.15) is 117 Å². The third kappa shape index (κ3) is 6.43. The minimum absolute atomic E-state index is 0.0476. The Kier molecular flexibility index (Phi) is 9.34. The lowest BCUT2D eigenvalue weighted by Crippen LogP contribution is -2.69. The van der Waals surface area contributed by atoms with Gasteiger partial charge in [-0.15, -0.1) is 0 Å². The first-order valence-corrected chi connectivity index (χ1v) is 20.3. The largest absolute Gasteiger partial charge is 0.396 e. The fourth-order valence-corrected chi connectivity index (χ4v) is 13.0. The number of hydrogen-bond acceptors (Lipinski definition) is 7. The summed E-state index contributed by atoms with van der Waals surface area (Å²) < 4.78 is 128. The second kappa shape index (κ2) is 12.6. The molecule has 0 spiro atoms. The Hall–Kier alpha value is -0.700. The van der Waals surface area contributed by atoms with Crippen molar-refractivity contribution in [3.8, 4) is 0 Å². The van der Waals surface area contributed by atoms with Crippen molar-refractivity contribution < 1.29 is 59.9 Å². The van der Waals surface area contributed by atoms with Crippen LogP contribution in [-0.2, 0) is 28.4 Å². The number of aliphatic hydroxyl groups is 1. The molecule has 2 aliphatic heterocycles. The van der Waals surface area contributed by atoms with Crippen molar-refractivity contribution in [3.05, 3.63) is 0 Å². The van der Waals surface area contributed by atoms with E-state index in [1.54, 1.807) is 0 Å². The Labute approximate surface area is 309 Å². The van der Waals surface area contributed by atoms with Crippen LogP contribution in [0.2, 0.25) is 0 Å². The van der Waals surface area contributed by atoms with Gasteiger partial charge in [0.05, 0.1) is 92.7 Å². The van der Waals surface area contributed by atoms with Crippen LogP contribution in [0.3, 0.4) is 0 Å². The number of aliphatic hydroxyl groups excluding tert-OH is 1. The van der Waals surface area contributed by atoms with Crippen LogP contribution in [0.5, 0.6) is 0 Å². The highest BCUT2D eigenvalue weighted by Gasteiger charge is 2.74. The Balaban J connectivity index is 1.01. The average molecular weight is 767 g/mol. The first-order valence-electron chi connectivity index (χ1n) is 20.3. The smallest absolute Gasteiger partial charge is 0.394 e. The monoisotopic (exact) mass is 766 g/mol. The molecular formula is C40H60F6O7. The van der Waals surface area contributed by atoms with Crippen LogP contribution in [0, 0.1) is 38.9 Å². The molecule has 13 heteroatoms. The highest BCUT2D eigenvalue weighted by molar-refractivity contribution is 5.19. The van der Waals surface area contributed by atoms with Gasteiger partial charge in [0.15, 0.2) is 0 Å². The molecule has 0 amide bonds. The standard InChI is InChI=1S/C40H60F6O7/c1-4-30(19-47,24-50-35-9-28-7-33(13-35,39(41,42)43)15-37(11-28,17-35)52-26-31(5-2)20-48-21-31)25-51-36-10-29-8-34(14-36,40(44,45)46)16-38(12-29,18-36)53-27-32(6-3)22-49-23-32/h28-29,47H,4-27H2,1-3H3. The second-order valence-electron chi connectivity index (χ2n) is 20.2. The van der Waals surface area contributed by atoms with Gasteiger partial charge in [-0.05, 0) is 95.3 Å². The first-order chi connectivity index (χ1) is 24.8. The van der Waals surface area contributed by atoms with Crippen molar-refractivity contribution in [2.24, 2.45) is 38.9 Å². The van der Waals surface area contributed by atoms with Gasteiger partial charge in [-0.25, -0.2) is 0 Å². The maximum Gasteiger partial charge on any atom is 0.394 e. The highest BCUT2D eigenvalue weighted by Crippen LogP contribution is 2.71. The second-order valence-corrected chi connectivity index (χ2v) is 20.2. The molecule has 304 valence electrons. The van der Waals surface area contributed by atoms with Crippen LogP contribution < -0.4 is 0 Å². The Morgan fingerprint density at radius 1 is 0.547 bits per heavy atom. The third-order valence-corrected chi connectivity index (χ3v) is 16.1. The van der Waals surface area contributed by atoms with Crippen molar-refractivity contribution in [1.29, 1.82) is 0 Å². The molecule has 0 aromatic rings. The van der Waals surface area contributed by atoms with Crippen molar-refractivity contribution in [1.82, 2.24) is 0 Å². The van der Waals surface area contributed by atoms with Gasteiger partial charge in [0.25, 0.3) is 0 Å². The summed E-state index contributed by atoms with van der Waals surface area (Å²) in [6.45, 7) is 8.40. The average Bonchev–Trinajstić information content (AvgIpc) is 3.02. The molecule has 10 aliphatic rings. The topological polar surface area (TPSA) is 75.6 Å². The molecule has 0 aromatic heterocycles. The zero-order valence-electron chi connectivity index (χ0n) is 31.8. The van der Waals surface area contributed by atoms with Gasteiger partial charge in [0, 0.05) is 29.1 Å². The summed E-state index contributed by atoms with van der Waals surface area (Å²) in [4.78, 5) is 0. The predicted octanol–water partition coefficient (Wildman–Crippen LogP) is 8.34. The van der Waals surface area contributed by atoms with Gasteiger partial charge in [0.1, 0.15) is 0 Å². The van der Waals surface area contributed by atoms with Gasteiger partial charge >= 0.3 is 12.4 Å². The summed E-state index contributed by atoms with van der Waals surface area (Å²) in [6, 6.07) is 0. The van der Waals surface area contributed by atoms with E-state index in [0.717, 1.165) is 12.8 Å². The van der Waals surface area contributed by atoms with Crippen molar-refractivity contribution >= 4 is 0 Å². The summed E-state index contributed by atoms with van der Waals surface area (Å²) in [5.74, 6) is -0.408. The van der Waals surface area contributed by atoms with E-state index < -0.39 is 51.0 Å². The molecule has 7 nitrogen and oxygen atoms in total. The van der Waals surface area contributed by atoms with Gasteiger partial charge in [-0.1, -0.05) is 20.8 Å². The molecule has 10 rings (SSSR count). The molecule has 8 atom stereocenters. The van der Waals surface area contributed by atoms with Crippen molar-refractivity contribution in [2.75, 3.05) is 59.5 Å².